The number of hydrogen-bond donors (Lipinski definition) is 2. The molecule has 0 saturated carbocycles. The summed E-state index contributed by atoms with van der Waals surface area (Å²) in [6.07, 6.45) is 0.642. The smallest absolute Gasteiger partial charge is 0.253 e. The van der Waals surface area contributed by atoms with Gasteiger partial charge < -0.3 is 16.0 Å². The van der Waals surface area contributed by atoms with Crippen LogP contribution in [0.1, 0.15) is 30.6 Å². The third-order valence-electron chi connectivity index (χ3n) is 2.87. The van der Waals surface area contributed by atoms with Crippen molar-refractivity contribution in [3.05, 3.63) is 29.8 Å². The van der Waals surface area contributed by atoms with Gasteiger partial charge in [-0.1, -0.05) is 13.8 Å². The van der Waals surface area contributed by atoms with E-state index in [1.54, 1.807) is 38.4 Å². The van der Waals surface area contributed by atoms with Crippen molar-refractivity contribution < 1.29 is 9.59 Å². The standard InChI is InChI=1S/C15H23N3O2.ClH/c1-10(2)9-13(16)14(19)17-12-7-5-11(6-8-12)15(20)18(3)4;/h5-8,10,13H,9,16H2,1-4H3,(H,17,19);1H/t13-;/m0./s1. The Bertz CT molecular complexity index is 472. The zero-order valence-corrected chi connectivity index (χ0v) is 13.7. The lowest BCUT2D eigenvalue weighted by molar-refractivity contribution is -0.117. The zero-order valence-electron chi connectivity index (χ0n) is 12.9. The van der Waals surface area contributed by atoms with Crippen LogP contribution in [0.25, 0.3) is 0 Å². The summed E-state index contributed by atoms with van der Waals surface area (Å²) in [6.45, 7) is 4.05. The Morgan fingerprint density at radius 1 is 1.19 bits per heavy atom. The van der Waals surface area contributed by atoms with Gasteiger partial charge in [0.25, 0.3) is 5.91 Å². The Hall–Kier alpha value is -1.59. The van der Waals surface area contributed by atoms with Crippen LogP contribution in [0, 0.1) is 5.92 Å². The number of hydrogen-bond acceptors (Lipinski definition) is 3. The summed E-state index contributed by atoms with van der Waals surface area (Å²) >= 11 is 0. The van der Waals surface area contributed by atoms with Gasteiger partial charge in [0.15, 0.2) is 0 Å². The van der Waals surface area contributed by atoms with Gasteiger partial charge in [0, 0.05) is 25.3 Å². The number of carbonyl (C=O) groups is 2. The number of benzene rings is 1. The van der Waals surface area contributed by atoms with Crippen molar-refractivity contribution in [2.45, 2.75) is 26.3 Å². The molecule has 0 aliphatic carbocycles. The molecule has 0 radical (unpaired) electrons. The highest BCUT2D eigenvalue weighted by Gasteiger charge is 2.15. The number of nitrogens with one attached hydrogen (secondary N) is 1. The third kappa shape index (κ3) is 6.14. The molecule has 1 aromatic carbocycles. The largest absolute Gasteiger partial charge is 0.345 e. The molecule has 1 rings (SSSR count). The van der Waals surface area contributed by atoms with E-state index in [1.165, 1.54) is 4.90 Å². The first-order valence-corrected chi connectivity index (χ1v) is 6.69. The number of nitrogens with zero attached hydrogens (tertiary/aromatic N) is 1. The SMILES string of the molecule is CC(C)C[C@H](N)C(=O)Nc1ccc(C(=O)N(C)C)cc1.Cl. The molecule has 0 aliphatic rings. The molecule has 0 fully saturated rings. The minimum Gasteiger partial charge on any atom is -0.345 e. The summed E-state index contributed by atoms with van der Waals surface area (Å²) < 4.78 is 0. The number of amides is 2. The predicted octanol–water partition coefficient (Wildman–Crippen LogP) is 2.12. The molecule has 1 atom stereocenters. The second kappa shape index (κ2) is 8.64. The maximum Gasteiger partial charge on any atom is 0.253 e. The van der Waals surface area contributed by atoms with Gasteiger partial charge in [-0.15, -0.1) is 12.4 Å². The molecule has 1 aromatic rings. The molecule has 0 saturated heterocycles. The van der Waals surface area contributed by atoms with E-state index in [0.29, 0.717) is 23.6 Å². The van der Waals surface area contributed by atoms with Gasteiger partial charge in [-0.3, -0.25) is 9.59 Å². The Morgan fingerprint density at radius 2 is 1.71 bits per heavy atom. The van der Waals surface area contributed by atoms with Crippen molar-refractivity contribution in [1.82, 2.24) is 4.90 Å². The number of carbonyl (C=O) groups excluding carboxylic acids is 2. The number of anilines is 1. The highest BCUT2D eigenvalue weighted by atomic mass is 35.5. The zero-order chi connectivity index (χ0) is 15.3. The Balaban J connectivity index is 0.00000400. The number of rotatable bonds is 5. The van der Waals surface area contributed by atoms with E-state index < -0.39 is 6.04 Å². The molecule has 5 nitrogen and oxygen atoms in total. The minimum absolute atomic E-state index is 0. The lowest BCUT2D eigenvalue weighted by Crippen LogP contribution is -2.36. The molecule has 6 heteroatoms. The Labute approximate surface area is 132 Å². The van der Waals surface area contributed by atoms with Crippen LogP contribution in [0.2, 0.25) is 0 Å². The monoisotopic (exact) mass is 313 g/mol. The summed E-state index contributed by atoms with van der Waals surface area (Å²) in [6, 6.07) is 6.27. The van der Waals surface area contributed by atoms with Crippen LogP contribution in [0.4, 0.5) is 5.69 Å². The summed E-state index contributed by atoms with van der Waals surface area (Å²) in [5.41, 5.74) is 7.04. The van der Waals surface area contributed by atoms with Crippen LogP contribution in [0.3, 0.4) is 0 Å². The fourth-order valence-electron chi connectivity index (χ4n) is 1.80. The number of nitrogens with two attached hydrogens (primary N) is 1. The summed E-state index contributed by atoms with van der Waals surface area (Å²) in [4.78, 5) is 25.1. The first-order chi connectivity index (χ1) is 9.31. The average molecular weight is 314 g/mol. The van der Waals surface area contributed by atoms with E-state index in [0.717, 1.165) is 0 Å². The molecule has 0 bridgehead atoms. The molecule has 0 aliphatic heterocycles. The van der Waals surface area contributed by atoms with Gasteiger partial charge in [0.1, 0.15) is 0 Å². The van der Waals surface area contributed by atoms with Crippen LogP contribution < -0.4 is 11.1 Å². The normalized spacial score (nSPS) is 11.5. The molecule has 0 heterocycles. The first kappa shape index (κ1) is 19.4. The van der Waals surface area contributed by atoms with Gasteiger partial charge >= 0.3 is 0 Å². The quantitative estimate of drug-likeness (QED) is 0.874. The minimum atomic E-state index is -0.516. The second-order valence-corrected chi connectivity index (χ2v) is 5.50. The van der Waals surface area contributed by atoms with Gasteiger partial charge in [0.05, 0.1) is 6.04 Å². The van der Waals surface area contributed by atoms with Crippen LogP contribution in [0.15, 0.2) is 24.3 Å². The highest BCUT2D eigenvalue weighted by molar-refractivity contribution is 5.96. The molecule has 0 unspecified atom stereocenters. The Kier molecular flexibility index (Phi) is 7.99. The van der Waals surface area contributed by atoms with Crippen molar-refractivity contribution in [2.24, 2.45) is 11.7 Å². The summed E-state index contributed by atoms with van der Waals surface area (Å²) in [5, 5.41) is 2.75. The van der Waals surface area contributed by atoms with Gasteiger partial charge in [0.2, 0.25) is 5.91 Å². The van der Waals surface area contributed by atoms with Crippen LogP contribution in [-0.4, -0.2) is 36.9 Å². The van der Waals surface area contributed by atoms with Crippen molar-refractivity contribution in [3.8, 4) is 0 Å². The van der Waals surface area contributed by atoms with E-state index in [-0.39, 0.29) is 24.2 Å². The molecule has 2 amide bonds. The van der Waals surface area contributed by atoms with Crippen LogP contribution in [-0.2, 0) is 4.79 Å². The van der Waals surface area contributed by atoms with E-state index in [2.05, 4.69) is 5.32 Å². The van der Waals surface area contributed by atoms with Gasteiger partial charge in [-0.05, 0) is 36.6 Å². The van der Waals surface area contributed by atoms with Crippen molar-refractivity contribution in [2.75, 3.05) is 19.4 Å². The lowest BCUT2D eigenvalue weighted by atomic mass is 10.0. The third-order valence-corrected chi connectivity index (χ3v) is 2.87. The fraction of sp³-hybridized carbons (Fsp3) is 0.467. The van der Waals surface area contributed by atoms with E-state index in [1.807, 2.05) is 13.8 Å². The van der Waals surface area contributed by atoms with Gasteiger partial charge in [-0.2, -0.15) is 0 Å². The maximum atomic E-state index is 11.9. The topological polar surface area (TPSA) is 75.4 Å². The van der Waals surface area contributed by atoms with E-state index in [9.17, 15) is 9.59 Å². The molecule has 0 spiro atoms. The molecule has 0 aromatic heterocycles. The van der Waals surface area contributed by atoms with Crippen molar-refractivity contribution >= 4 is 29.9 Å². The van der Waals surface area contributed by atoms with Crippen molar-refractivity contribution in [1.29, 1.82) is 0 Å². The number of halogens is 1. The summed E-state index contributed by atoms with van der Waals surface area (Å²) in [7, 11) is 3.39. The molecule has 21 heavy (non-hydrogen) atoms. The summed E-state index contributed by atoms with van der Waals surface area (Å²) in [5.74, 6) is 0.0978. The van der Waals surface area contributed by atoms with Crippen molar-refractivity contribution in [3.63, 3.8) is 0 Å². The molecular formula is C15H24ClN3O2. The van der Waals surface area contributed by atoms with E-state index in [4.69, 9.17) is 5.73 Å². The van der Waals surface area contributed by atoms with E-state index >= 15 is 0 Å². The highest BCUT2D eigenvalue weighted by Crippen LogP contribution is 2.12. The Morgan fingerprint density at radius 3 is 2.14 bits per heavy atom. The maximum absolute atomic E-state index is 11.9. The van der Waals surface area contributed by atoms with Crippen LogP contribution >= 0.6 is 12.4 Å². The predicted molar refractivity (Wildman–Crippen MR) is 87.8 cm³/mol. The molecule has 118 valence electrons. The van der Waals surface area contributed by atoms with Gasteiger partial charge in [-0.25, -0.2) is 0 Å². The average Bonchev–Trinajstić information content (AvgIpc) is 2.37. The van der Waals surface area contributed by atoms with Crippen LogP contribution in [0.5, 0.6) is 0 Å². The second-order valence-electron chi connectivity index (χ2n) is 5.50. The first-order valence-electron chi connectivity index (χ1n) is 6.69. The lowest BCUT2D eigenvalue weighted by Gasteiger charge is -2.14. The fourth-order valence-corrected chi connectivity index (χ4v) is 1.80. The molecule has 3 N–H and O–H groups in total. The molecular weight excluding hydrogens is 290 g/mol.